The molecule has 1 unspecified atom stereocenters. The van der Waals surface area contributed by atoms with E-state index in [2.05, 4.69) is 29.4 Å². The monoisotopic (exact) mass is 264 g/mol. The Morgan fingerprint density at radius 3 is 2.79 bits per heavy atom. The lowest BCUT2D eigenvalue weighted by molar-refractivity contribution is 0.0655. The van der Waals surface area contributed by atoms with Gasteiger partial charge in [0.1, 0.15) is 5.75 Å². The molecule has 0 radical (unpaired) electrons. The van der Waals surface area contributed by atoms with Gasteiger partial charge in [0, 0.05) is 25.7 Å². The number of ether oxygens (including phenoxy) is 2. The van der Waals surface area contributed by atoms with Gasteiger partial charge in [-0.05, 0) is 31.2 Å². The fraction of sp³-hybridized carbons (Fsp3) is 0.600. The molecule has 0 aliphatic carbocycles. The first-order valence-corrected chi connectivity index (χ1v) is 6.90. The van der Waals surface area contributed by atoms with E-state index < -0.39 is 0 Å². The summed E-state index contributed by atoms with van der Waals surface area (Å²) in [5, 5.41) is 3.48. The van der Waals surface area contributed by atoms with Gasteiger partial charge in [0.2, 0.25) is 0 Å². The summed E-state index contributed by atoms with van der Waals surface area (Å²) in [5.41, 5.74) is 1.35. The fourth-order valence-electron chi connectivity index (χ4n) is 2.32. The second kappa shape index (κ2) is 7.48. The highest BCUT2D eigenvalue weighted by Crippen LogP contribution is 2.11. The first-order chi connectivity index (χ1) is 9.28. The number of hydrogen-bond acceptors (Lipinski definition) is 4. The van der Waals surface area contributed by atoms with Crippen LogP contribution in [0.5, 0.6) is 5.75 Å². The van der Waals surface area contributed by atoms with E-state index in [1.54, 1.807) is 7.11 Å². The van der Waals surface area contributed by atoms with Crippen molar-refractivity contribution in [2.75, 3.05) is 47.0 Å². The highest BCUT2D eigenvalue weighted by Gasteiger charge is 2.14. The van der Waals surface area contributed by atoms with E-state index in [1.165, 1.54) is 5.56 Å². The van der Waals surface area contributed by atoms with Gasteiger partial charge in [-0.2, -0.15) is 0 Å². The highest BCUT2D eigenvalue weighted by atomic mass is 16.5. The van der Waals surface area contributed by atoms with Crippen LogP contribution in [0.4, 0.5) is 0 Å². The standard InChI is InChI=1S/C15H24N2O2/c1-17(11-14-12-19-10-8-16-14)9-7-13-3-5-15(18-2)6-4-13/h3-6,14,16H,7-12H2,1-2H3. The maximum Gasteiger partial charge on any atom is 0.118 e. The van der Waals surface area contributed by atoms with E-state index in [0.717, 1.165) is 45.0 Å². The Morgan fingerprint density at radius 1 is 1.37 bits per heavy atom. The van der Waals surface area contributed by atoms with Crippen LogP contribution < -0.4 is 10.1 Å². The van der Waals surface area contributed by atoms with Gasteiger partial charge in [-0.15, -0.1) is 0 Å². The molecule has 1 N–H and O–H groups in total. The molecule has 19 heavy (non-hydrogen) atoms. The molecular formula is C15H24N2O2. The number of methoxy groups -OCH3 is 1. The molecule has 1 atom stereocenters. The van der Waals surface area contributed by atoms with Gasteiger partial charge in [-0.3, -0.25) is 0 Å². The maximum atomic E-state index is 5.47. The minimum Gasteiger partial charge on any atom is -0.497 e. The zero-order valence-corrected chi connectivity index (χ0v) is 11.9. The maximum absolute atomic E-state index is 5.47. The summed E-state index contributed by atoms with van der Waals surface area (Å²) in [4.78, 5) is 2.36. The van der Waals surface area contributed by atoms with Gasteiger partial charge >= 0.3 is 0 Å². The van der Waals surface area contributed by atoms with Crippen LogP contribution in [0.2, 0.25) is 0 Å². The van der Waals surface area contributed by atoms with Crippen molar-refractivity contribution >= 4 is 0 Å². The molecule has 4 nitrogen and oxygen atoms in total. The zero-order valence-electron chi connectivity index (χ0n) is 11.9. The Kier molecular flexibility index (Phi) is 5.63. The smallest absolute Gasteiger partial charge is 0.118 e. The van der Waals surface area contributed by atoms with Crippen molar-refractivity contribution < 1.29 is 9.47 Å². The van der Waals surface area contributed by atoms with Gasteiger partial charge in [0.25, 0.3) is 0 Å². The van der Waals surface area contributed by atoms with Crippen molar-refractivity contribution in [2.45, 2.75) is 12.5 Å². The molecule has 0 aromatic heterocycles. The molecule has 1 fully saturated rings. The van der Waals surface area contributed by atoms with E-state index in [-0.39, 0.29) is 0 Å². The zero-order chi connectivity index (χ0) is 13.5. The van der Waals surface area contributed by atoms with Crippen molar-refractivity contribution in [3.63, 3.8) is 0 Å². The normalized spacial score (nSPS) is 19.6. The molecule has 0 spiro atoms. The summed E-state index contributed by atoms with van der Waals surface area (Å²) in [6.45, 7) is 4.73. The molecule has 0 amide bonds. The van der Waals surface area contributed by atoms with E-state index in [4.69, 9.17) is 9.47 Å². The predicted molar refractivity (Wildman–Crippen MR) is 76.8 cm³/mol. The highest BCUT2D eigenvalue weighted by molar-refractivity contribution is 5.27. The average Bonchev–Trinajstić information content (AvgIpc) is 2.47. The van der Waals surface area contributed by atoms with Crippen LogP contribution in [-0.2, 0) is 11.2 Å². The van der Waals surface area contributed by atoms with Gasteiger partial charge in [-0.1, -0.05) is 12.1 Å². The van der Waals surface area contributed by atoms with E-state index in [1.807, 2.05) is 12.1 Å². The molecule has 1 aliphatic heterocycles. The molecule has 4 heteroatoms. The molecule has 0 saturated carbocycles. The number of rotatable bonds is 6. The van der Waals surface area contributed by atoms with E-state index >= 15 is 0 Å². The predicted octanol–water partition coefficient (Wildman–Crippen LogP) is 1.16. The van der Waals surface area contributed by atoms with Crippen LogP contribution in [0.1, 0.15) is 5.56 Å². The second-order valence-electron chi connectivity index (χ2n) is 5.09. The first kappa shape index (κ1) is 14.3. The van der Waals surface area contributed by atoms with Crippen molar-refractivity contribution in [1.29, 1.82) is 0 Å². The van der Waals surface area contributed by atoms with Gasteiger partial charge in [-0.25, -0.2) is 0 Å². The molecule has 1 aromatic carbocycles. The van der Waals surface area contributed by atoms with Crippen LogP contribution in [0.15, 0.2) is 24.3 Å². The Hall–Kier alpha value is -1.10. The largest absolute Gasteiger partial charge is 0.497 e. The van der Waals surface area contributed by atoms with Gasteiger partial charge in [0.15, 0.2) is 0 Å². The fourth-order valence-corrected chi connectivity index (χ4v) is 2.32. The number of hydrogen-bond donors (Lipinski definition) is 1. The third-order valence-electron chi connectivity index (χ3n) is 3.47. The number of likely N-dealkylation sites (N-methyl/N-ethyl adjacent to an activating group) is 1. The summed E-state index contributed by atoms with van der Waals surface area (Å²) in [6, 6.07) is 8.77. The Labute approximate surface area is 115 Å². The Bertz CT molecular complexity index is 361. The van der Waals surface area contributed by atoms with Crippen LogP contribution in [-0.4, -0.2) is 57.9 Å². The van der Waals surface area contributed by atoms with Crippen molar-refractivity contribution in [3.8, 4) is 5.75 Å². The number of nitrogens with one attached hydrogen (secondary N) is 1. The van der Waals surface area contributed by atoms with Crippen LogP contribution >= 0.6 is 0 Å². The minimum atomic E-state index is 0.467. The summed E-state index contributed by atoms with van der Waals surface area (Å²) in [7, 11) is 3.86. The Balaban J connectivity index is 1.71. The molecule has 106 valence electrons. The summed E-state index contributed by atoms with van der Waals surface area (Å²) < 4.78 is 10.6. The summed E-state index contributed by atoms with van der Waals surface area (Å²) in [5.74, 6) is 0.917. The van der Waals surface area contributed by atoms with Crippen LogP contribution in [0.25, 0.3) is 0 Å². The lowest BCUT2D eigenvalue weighted by atomic mass is 10.1. The quantitative estimate of drug-likeness (QED) is 0.836. The molecule has 1 aliphatic rings. The third kappa shape index (κ3) is 4.82. The van der Waals surface area contributed by atoms with Crippen molar-refractivity contribution in [3.05, 3.63) is 29.8 Å². The summed E-state index contributed by atoms with van der Waals surface area (Å²) in [6.07, 6.45) is 1.06. The summed E-state index contributed by atoms with van der Waals surface area (Å²) >= 11 is 0. The van der Waals surface area contributed by atoms with Crippen LogP contribution in [0.3, 0.4) is 0 Å². The molecule has 2 rings (SSSR count). The first-order valence-electron chi connectivity index (χ1n) is 6.90. The van der Waals surface area contributed by atoms with E-state index in [0.29, 0.717) is 6.04 Å². The molecule has 1 saturated heterocycles. The number of benzene rings is 1. The van der Waals surface area contributed by atoms with Crippen molar-refractivity contribution in [2.24, 2.45) is 0 Å². The Morgan fingerprint density at radius 2 is 2.16 bits per heavy atom. The molecule has 1 heterocycles. The minimum absolute atomic E-state index is 0.467. The number of morpholine rings is 1. The molecule has 0 bridgehead atoms. The van der Waals surface area contributed by atoms with Crippen molar-refractivity contribution in [1.82, 2.24) is 10.2 Å². The lowest BCUT2D eigenvalue weighted by Gasteiger charge is -2.28. The topological polar surface area (TPSA) is 33.7 Å². The van der Waals surface area contributed by atoms with Crippen LogP contribution in [0, 0.1) is 0 Å². The third-order valence-corrected chi connectivity index (χ3v) is 3.47. The molecule has 1 aromatic rings. The van der Waals surface area contributed by atoms with Gasteiger partial charge < -0.3 is 19.7 Å². The average molecular weight is 264 g/mol. The SMILES string of the molecule is COc1ccc(CCN(C)CC2COCCN2)cc1. The number of nitrogens with zero attached hydrogens (tertiary/aromatic N) is 1. The van der Waals surface area contributed by atoms with Gasteiger partial charge in [0.05, 0.1) is 20.3 Å². The second-order valence-corrected chi connectivity index (χ2v) is 5.09. The molecular weight excluding hydrogens is 240 g/mol. The lowest BCUT2D eigenvalue weighted by Crippen LogP contribution is -2.47. The van der Waals surface area contributed by atoms with E-state index in [9.17, 15) is 0 Å².